The predicted octanol–water partition coefficient (Wildman–Crippen LogP) is 2.82. The largest absolute Gasteiger partial charge is 0.313 e. The second-order valence-corrected chi connectivity index (χ2v) is 3.56. The summed E-state index contributed by atoms with van der Waals surface area (Å²) < 4.78 is 0. The van der Waals surface area contributed by atoms with Gasteiger partial charge in [0.2, 0.25) is 0 Å². The molecule has 0 aromatic carbocycles. The van der Waals surface area contributed by atoms with Gasteiger partial charge in [-0.05, 0) is 38.8 Å². The summed E-state index contributed by atoms with van der Waals surface area (Å²) in [4.78, 5) is 0. The first-order valence-corrected chi connectivity index (χ1v) is 4.95. The Hall–Kier alpha value is -0.820. The second-order valence-electron chi connectivity index (χ2n) is 3.56. The van der Waals surface area contributed by atoms with Crippen molar-refractivity contribution in [1.82, 2.24) is 5.32 Å². The van der Waals surface area contributed by atoms with Crippen molar-refractivity contribution in [2.45, 2.75) is 32.2 Å². The van der Waals surface area contributed by atoms with Gasteiger partial charge in [-0.2, -0.15) is 0 Å². The summed E-state index contributed by atoms with van der Waals surface area (Å²) in [5, 5.41) is 3.35. The van der Waals surface area contributed by atoms with Crippen LogP contribution in [-0.4, -0.2) is 13.1 Å². The van der Waals surface area contributed by atoms with Crippen LogP contribution in [0.4, 0.5) is 0 Å². The van der Waals surface area contributed by atoms with Crippen LogP contribution in [0.1, 0.15) is 26.2 Å². The molecule has 0 saturated heterocycles. The Labute approximate surface area is 81.2 Å². The fourth-order valence-corrected chi connectivity index (χ4v) is 1.90. The second kappa shape index (κ2) is 5.03. The van der Waals surface area contributed by atoms with E-state index in [-0.39, 0.29) is 0 Å². The SMILES string of the molecule is C=C/C=C\C1=C(C)CCCC1NC. The molecule has 13 heavy (non-hydrogen) atoms. The third kappa shape index (κ3) is 2.56. The van der Waals surface area contributed by atoms with Gasteiger partial charge in [-0.15, -0.1) is 0 Å². The van der Waals surface area contributed by atoms with E-state index in [0.717, 1.165) is 0 Å². The average Bonchev–Trinajstić information content (AvgIpc) is 2.15. The molecule has 1 atom stereocenters. The predicted molar refractivity (Wildman–Crippen MR) is 58.7 cm³/mol. The van der Waals surface area contributed by atoms with Crippen LogP contribution in [0.2, 0.25) is 0 Å². The number of nitrogens with one attached hydrogen (secondary N) is 1. The van der Waals surface area contributed by atoms with Crippen molar-refractivity contribution in [2.24, 2.45) is 0 Å². The van der Waals surface area contributed by atoms with Crippen molar-refractivity contribution in [3.8, 4) is 0 Å². The van der Waals surface area contributed by atoms with Crippen LogP contribution in [0.15, 0.2) is 36.0 Å². The zero-order valence-electron chi connectivity index (χ0n) is 8.64. The maximum absolute atomic E-state index is 3.69. The Kier molecular flexibility index (Phi) is 3.97. The average molecular weight is 177 g/mol. The van der Waals surface area contributed by atoms with E-state index in [4.69, 9.17) is 0 Å². The van der Waals surface area contributed by atoms with E-state index in [9.17, 15) is 0 Å². The van der Waals surface area contributed by atoms with Crippen LogP contribution >= 0.6 is 0 Å². The van der Waals surface area contributed by atoms with E-state index >= 15 is 0 Å². The molecule has 1 rings (SSSR count). The molecule has 1 heteroatoms. The minimum absolute atomic E-state index is 0.546. The van der Waals surface area contributed by atoms with E-state index in [0.29, 0.717) is 6.04 Å². The molecule has 0 spiro atoms. The summed E-state index contributed by atoms with van der Waals surface area (Å²) >= 11 is 0. The normalized spacial score (nSPS) is 24.0. The summed E-state index contributed by atoms with van der Waals surface area (Å²) in [6, 6.07) is 0.546. The van der Waals surface area contributed by atoms with Crippen molar-refractivity contribution >= 4 is 0 Å². The molecular weight excluding hydrogens is 158 g/mol. The van der Waals surface area contributed by atoms with Gasteiger partial charge in [-0.3, -0.25) is 0 Å². The van der Waals surface area contributed by atoms with Crippen LogP contribution < -0.4 is 5.32 Å². The smallest absolute Gasteiger partial charge is 0.0317 e. The molecular formula is C12H19N. The topological polar surface area (TPSA) is 12.0 Å². The van der Waals surface area contributed by atoms with Gasteiger partial charge in [0.25, 0.3) is 0 Å². The minimum atomic E-state index is 0.546. The van der Waals surface area contributed by atoms with Gasteiger partial charge in [-0.1, -0.05) is 30.4 Å². The standard InChI is InChI=1S/C12H19N/c1-4-5-8-11-10(2)7-6-9-12(11)13-3/h4-5,8,12-13H,1,6-7,9H2,2-3H3/b8-5-. The maximum atomic E-state index is 3.69. The van der Waals surface area contributed by atoms with Crippen molar-refractivity contribution < 1.29 is 0 Å². The Morgan fingerprint density at radius 1 is 1.54 bits per heavy atom. The van der Waals surface area contributed by atoms with Gasteiger partial charge < -0.3 is 5.32 Å². The Bertz CT molecular complexity index is 236. The lowest BCUT2D eigenvalue weighted by Gasteiger charge is -2.25. The lowest BCUT2D eigenvalue weighted by Crippen LogP contribution is -2.29. The van der Waals surface area contributed by atoms with Crippen molar-refractivity contribution in [3.05, 3.63) is 36.0 Å². The third-order valence-electron chi connectivity index (χ3n) is 2.67. The molecule has 1 unspecified atom stereocenters. The zero-order valence-corrected chi connectivity index (χ0v) is 8.64. The summed E-state index contributed by atoms with van der Waals surface area (Å²) in [7, 11) is 2.03. The molecule has 0 fully saturated rings. The number of hydrogen-bond donors (Lipinski definition) is 1. The van der Waals surface area contributed by atoms with Crippen LogP contribution in [0.3, 0.4) is 0 Å². The highest BCUT2D eigenvalue weighted by Gasteiger charge is 2.16. The number of hydrogen-bond acceptors (Lipinski definition) is 1. The first-order chi connectivity index (χ1) is 6.29. The van der Waals surface area contributed by atoms with E-state index in [1.165, 1.54) is 30.4 Å². The molecule has 0 aromatic rings. The van der Waals surface area contributed by atoms with Crippen molar-refractivity contribution in [3.63, 3.8) is 0 Å². The molecule has 1 aliphatic carbocycles. The lowest BCUT2D eigenvalue weighted by molar-refractivity contribution is 0.535. The molecule has 1 aliphatic rings. The van der Waals surface area contributed by atoms with E-state index in [1.54, 1.807) is 0 Å². The number of rotatable bonds is 3. The highest BCUT2D eigenvalue weighted by Crippen LogP contribution is 2.25. The molecule has 1 nitrogen and oxygen atoms in total. The van der Waals surface area contributed by atoms with Crippen LogP contribution in [0.5, 0.6) is 0 Å². The van der Waals surface area contributed by atoms with Gasteiger partial charge >= 0.3 is 0 Å². The van der Waals surface area contributed by atoms with Crippen LogP contribution in [-0.2, 0) is 0 Å². The lowest BCUT2D eigenvalue weighted by atomic mass is 9.88. The number of allylic oxidation sites excluding steroid dienone is 3. The molecule has 1 N–H and O–H groups in total. The van der Waals surface area contributed by atoms with Crippen LogP contribution in [0.25, 0.3) is 0 Å². The van der Waals surface area contributed by atoms with Gasteiger partial charge in [0, 0.05) is 6.04 Å². The summed E-state index contributed by atoms with van der Waals surface area (Å²) in [5.41, 5.74) is 2.97. The monoisotopic (exact) mass is 177 g/mol. The molecule has 0 heterocycles. The fraction of sp³-hybridized carbons (Fsp3) is 0.500. The van der Waals surface area contributed by atoms with Gasteiger partial charge in [0.1, 0.15) is 0 Å². The van der Waals surface area contributed by atoms with Gasteiger partial charge in [0.15, 0.2) is 0 Å². The molecule has 0 bridgehead atoms. The first kappa shape index (κ1) is 10.3. The van der Waals surface area contributed by atoms with E-state index in [1.807, 2.05) is 19.2 Å². The summed E-state index contributed by atoms with van der Waals surface area (Å²) in [5.74, 6) is 0. The van der Waals surface area contributed by atoms with Gasteiger partial charge in [0.05, 0.1) is 0 Å². The van der Waals surface area contributed by atoms with E-state index in [2.05, 4.69) is 24.9 Å². The Morgan fingerprint density at radius 2 is 2.31 bits per heavy atom. The fourth-order valence-electron chi connectivity index (χ4n) is 1.90. The molecule has 0 radical (unpaired) electrons. The molecule has 0 aliphatic heterocycles. The quantitative estimate of drug-likeness (QED) is 0.654. The summed E-state index contributed by atoms with van der Waals surface area (Å²) in [6.07, 6.45) is 9.85. The molecule has 0 saturated carbocycles. The highest BCUT2D eigenvalue weighted by molar-refractivity contribution is 5.33. The summed E-state index contributed by atoms with van der Waals surface area (Å²) in [6.45, 7) is 5.92. The minimum Gasteiger partial charge on any atom is -0.313 e. The molecule has 0 amide bonds. The Balaban J connectivity index is 2.83. The van der Waals surface area contributed by atoms with Crippen molar-refractivity contribution in [2.75, 3.05) is 7.05 Å². The third-order valence-corrected chi connectivity index (χ3v) is 2.67. The molecule has 72 valence electrons. The van der Waals surface area contributed by atoms with E-state index < -0.39 is 0 Å². The maximum Gasteiger partial charge on any atom is 0.0317 e. The highest BCUT2D eigenvalue weighted by atomic mass is 14.9. The van der Waals surface area contributed by atoms with Crippen LogP contribution in [0, 0.1) is 0 Å². The Morgan fingerprint density at radius 3 is 2.92 bits per heavy atom. The number of likely N-dealkylation sites (N-methyl/N-ethyl adjacent to an activating group) is 1. The van der Waals surface area contributed by atoms with Crippen molar-refractivity contribution in [1.29, 1.82) is 0 Å². The molecule has 0 aromatic heterocycles. The zero-order chi connectivity index (χ0) is 9.68. The van der Waals surface area contributed by atoms with Gasteiger partial charge in [-0.25, -0.2) is 0 Å². The first-order valence-electron chi connectivity index (χ1n) is 4.95.